The molecule has 2 saturated heterocycles. The highest BCUT2D eigenvalue weighted by Gasteiger charge is 2.53. The number of primary amides is 1. The number of hydrogen-bond donors (Lipinski definition) is 4. The normalized spacial score (nSPS) is 20.5. The lowest BCUT2D eigenvalue weighted by Crippen LogP contribution is -2.62. The maximum absolute atomic E-state index is 13.7. The molecule has 0 spiro atoms. The Labute approximate surface area is 233 Å². The van der Waals surface area contributed by atoms with Crippen LogP contribution in [0.4, 0.5) is 5.69 Å². The third kappa shape index (κ3) is 5.71. The van der Waals surface area contributed by atoms with Crippen molar-refractivity contribution in [3.8, 4) is 0 Å². The Balaban J connectivity index is 1.81. The topological polar surface area (TPSA) is 87.0 Å². The lowest BCUT2D eigenvalue weighted by atomic mass is 9.93. The highest BCUT2D eigenvalue weighted by atomic mass is 32.2. The summed E-state index contributed by atoms with van der Waals surface area (Å²) in [5.74, 6) is -0.195. The number of carbonyl (C=O) groups is 1. The standard InChI is InChI=1S/C25H42N4O3S4/c1-5-6-7-17(2)16-19-18(3)21(33)20(23(35)22(19)34)28-12-14-29(15-13-28)36(31,32)25(24(26)30)8-10-27(4)11-9-25/h17,33-35H,5-16H2,1-4H3,(H2,26,30). The van der Waals surface area contributed by atoms with Gasteiger partial charge in [-0.05, 0) is 63.4 Å². The second-order valence-corrected chi connectivity index (χ2v) is 14.1. The number of piperidine rings is 1. The van der Waals surface area contributed by atoms with Crippen LogP contribution < -0.4 is 10.6 Å². The van der Waals surface area contributed by atoms with Crippen LogP contribution in [0.1, 0.15) is 57.1 Å². The number of rotatable bonds is 9. The molecule has 2 heterocycles. The number of nitrogens with two attached hydrogens (primary N) is 1. The number of hydrogen-bond acceptors (Lipinski definition) is 8. The highest BCUT2D eigenvalue weighted by Crippen LogP contribution is 2.43. The van der Waals surface area contributed by atoms with E-state index in [1.54, 1.807) is 0 Å². The SMILES string of the molecule is CCCCC(C)Cc1c(C)c(S)c(N2CCN(S(=O)(=O)C3(C(N)=O)CCN(C)CC3)CC2)c(S)c1S. The van der Waals surface area contributed by atoms with Crippen LogP contribution in [0, 0.1) is 12.8 Å². The minimum absolute atomic E-state index is 0.226. The average molecular weight is 575 g/mol. The number of benzene rings is 1. The maximum Gasteiger partial charge on any atom is 0.240 e. The third-order valence-corrected chi connectivity index (χ3v) is 12.3. The zero-order chi connectivity index (χ0) is 26.8. The van der Waals surface area contributed by atoms with Crippen molar-refractivity contribution in [1.29, 1.82) is 0 Å². The molecule has 1 amide bonds. The van der Waals surface area contributed by atoms with Crippen LogP contribution in [-0.2, 0) is 21.2 Å². The minimum atomic E-state index is -3.89. The van der Waals surface area contributed by atoms with Gasteiger partial charge in [-0.3, -0.25) is 4.79 Å². The lowest BCUT2D eigenvalue weighted by Gasteiger charge is -2.43. The Morgan fingerprint density at radius 1 is 1.03 bits per heavy atom. The van der Waals surface area contributed by atoms with Gasteiger partial charge in [0.15, 0.2) is 4.75 Å². The van der Waals surface area contributed by atoms with Crippen LogP contribution >= 0.6 is 37.9 Å². The molecule has 0 saturated carbocycles. The van der Waals surface area contributed by atoms with Crippen LogP contribution in [0.3, 0.4) is 0 Å². The molecule has 0 aliphatic carbocycles. The van der Waals surface area contributed by atoms with E-state index in [0.717, 1.165) is 32.4 Å². The number of piperazine rings is 1. The smallest absolute Gasteiger partial charge is 0.240 e. The van der Waals surface area contributed by atoms with Gasteiger partial charge < -0.3 is 15.5 Å². The van der Waals surface area contributed by atoms with Gasteiger partial charge in [0, 0.05) is 40.9 Å². The molecule has 7 nitrogen and oxygen atoms in total. The fraction of sp³-hybridized carbons (Fsp3) is 0.720. The molecule has 1 aromatic rings. The van der Waals surface area contributed by atoms with Crippen molar-refractivity contribution in [3.63, 3.8) is 0 Å². The lowest BCUT2D eigenvalue weighted by molar-refractivity contribution is -0.121. The van der Waals surface area contributed by atoms with Crippen molar-refractivity contribution in [2.45, 2.75) is 78.7 Å². The first-order valence-electron chi connectivity index (χ1n) is 12.9. The summed E-state index contributed by atoms with van der Waals surface area (Å²) in [5.41, 5.74) is 8.90. The second-order valence-electron chi connectivity index (χ2n) is 10.5. The second kappa shape index (κ2) is 12.1. The van der Waals surface area contributed by atoms with Gasteiger partial charge in [0.2, 0.25) is 15.9 Å². The van der Waals surface area contributed by atoms with Gasteiger partial charge in [0.25, 0.3) is 0 Å². The molecular formula is C25H42N4O3S4. The fourth-order valence-electron chi connectivity index (χ4n) is 5.43. The maximum atomic E-state index is 13.7. The quantitative estimate of drug-likeness (QED) is 0.339. The number of unbranched alkanes of at least 4 members (excludes halogenated alkanes) is 1. The van der Waals surface area contributed by atoms with E-state index in [4.69, 9.17) is 43.6 Å². The molecule has 0 aromatic heterocycles. The summed E-state index contributed by atoms with van der Waals surface area (Å²) >= 11 is 14.6. The number of nitrogens with zero attached hydrogens (tertiary/aromatic N) is 3. The van der Waals surface area contributed by atoms with Gasteiger partial charge in [-0.15, -0.1) is 37.9 Å². The number of anilines is 1. The van der Waals surface area contributed by atoms with Crippen LogP contribution in [-0.4, -0.2) is 74.6 Å². The summed E-state index contributed by atoms with van der Waals surface area (Å²) < 4.78 is 27.2. The number of likely N-dealkylation sites (tertiary alicyclic amines) is 1. The van der Waals surface area contributed by atoms with Gasteiger partial charge in [-0.1, -0.05) is 33.1 Å². The van der Waals surface area contributed by atoms with Gasteiger partial charge in [-0.25, -0.2) is 8.42 Å². The molecule has 2 aliphatic rings. The first kappa shape index (κ1) is 30.0. The van der Waals surface area contributed by atoms with Gasteiger partial charge in [-0.2, -0.15) is 4.31 Å². The molecule has 1 aromatic carbocycles. The van der Waals surface area contributed by atoms with E-state index in [9.17, 15) is 13.2 Å². The van der Waals surface area contributed by atoms with Crippen molar-refractivity contribution in [2.75, 3.05) is 51.2 Å². The van der Waals surface area contributed by atoms with E-state index in [-0.39, 0.29) is 25.9 Å². The summed E-state index contributed by atoms with van der Waals surface area (Å²) in [7, 11) is -1.96. The summed E-state index contributed by atoms with van der Waals surface area (Å²) in [4.78, 5) is 19.1. The van der Waals surface area contributed by atoms with Crippen LogP contribution in [0.15, 0.2) is 14.7 Å². The Hall–Kier alpha value is -0.590. The molecule has 0 bridgehead atoms. The van der Waals surface area contributed by atoms with Gasteiger partial charge in [0.05, 0.1) is 5.69 Å². The molecule has 2 N–H and O–H groups in total. The molecule has 2 fully saturated rings. The first-order valence-corrected chi connectivity index (χ1v) is 15.6. The van der Waals surface area contributed by atoms with Crippen LogP contribution in [0.5, 0.6) is 0 Å². The molecule has 3 rings (SSSR count). The van der Waals surface area contributed by atoms with Crippen molar-refractivity contribution in [2.24, 2.45) is 11.7 Å². The summed E-state index contributed by atoms with van der Waals surface area (Å²) in [6.45, 7) is 9.15. The monoisotopic (exact) mass is 574 g/mol. The Bertz CT molecular complexity index is 1030. The van der Waals surface area contributed by atoms with Gasteiger partial charge >= 0.3 is 0 Å². The molecule has 0 radical (unpaired) electrons. The number of amides is 1. The molecule has 36 heavy (non-hydrogen) atoms. The largest absolute Gasteiger partial charge is 0.368 e. The zero-order valence-electron chi connectivity index (χ0n) is 22.0. The average Bonchev–Trinajstić information content (AvgIpc) is 2.85. The van der Waals surface area contributed by atoms with E-state index in [0.29, 0.717) is 32.1 Å². The summed E-state index contributed by atoms with van der Waals surface area (Å²) in [6.07, 6.45) is 4.96. The fourth-order valence-corrected chi connectivity index (χ4v) is 8.75. The van der Waals surface area contributed by atoms with Crippen LogP contribution in [0.25, 0.3) is 0 Å². The molecule has 1 unspecified atom stereocenters. The Kier molecular flexibility index (Phi) is 10.0. The van der Waals surface area contributed by atoms with Crippen molar-refractivity contribution < 1.29 is 13.2 Å². The zero-order valence-corrected chi connectivity index (χ0v) is 25.5. The van der Waals surface area contributed by atoms with E-state index in [1.165, 1.54) is 29.1 Å². The predicted octanol–water partition coefficient (Wildman–Crippen LogP) is 3.63. The Morgan fingerprint density at radius 2 is 1.61 bits per heavy atom. The molecule has 204 valence electrons. The summed E-state index contributed by atoms with van der Waals surface area (Å²) in [6, 6.07) is 0. The highest BCUT2D eigenvalue weighted by molar-refractivity contribution is 7.91. The van der Waals surface area contributed by atoms with Crippen molar-refractivity contribution in [1.82, 2.24) is 9.21 Å². The molecular weight excluding hydrogens is 533 g/mol. The van der Waals surface area contributed by atoms with Crippen LogP contribution in [0.2, 0.25) is 0 Å². The first-order chi connectivity index (χ1) is 16.9. The predicted molar refractivity (Wildman–Crippen MR) is 157 cm³/mol. The van der Waals surface area contributed by atoms with E-state index < -0.39 is 20.7 Å². The van der Waals surface area contributed by atoms with E-state index in [2.05, 4.69) is 25.7 Å². The third-order valence-electron chi connectivity index (χ3n) is 8.00. The Morgan fingerprint density at radius 3 is 2.14 bits per heavy atom. The van der Waals surface area contributed by atoms with Crippen molar-refractivity contribution in [3.05, 3.63) is 11.1 Å². The summed E-state index contributed by atoms with van der Waals surface area (Å²) in [5, 5.41) is 0. The number of thiol groups is 3. The molecule has 2 aliphatic heterocycles. The molecule has 1 atom stereocenters. The van der Waals surface area contributed by atoms with Crippen molar-refractivity contribution >= 4 is 59.5 Å². The van der Waals surface area contributed by atoms with Gasteiger partial charge in [0.1, 0.15) is 0 Å². The number of sulfonamides is 1. The molecule has 11 heteroatoms. The van der Waals surface area contributed by atoms with E-state index >= 15 is 0 Å². The minimum Gasteiger partial charge on any atom is -0.368 e. The van der Waals surface area contributed by atoms with E-state index in [1.807, 2.05) is 11.9 Å². The number of carbonyl (C=O) groups excluding carboxylic acids is 1.